The Hall–Kier alpha value is -3.55. The molecule has 4 aromatic rings. The predicted molar refractivity (Wildman–Crippen MR) is 101 cm³/mol. The quantitative estimate of drug-likeness (QED) is 0.586. The molecule has 28 heavy (non-hydrogen) atoms. The van der Waals surface area contributed by atoms with Crippen molar-refractivity contribution in [2.45, 2.75) is 19.9 Å². The average molecular weight is 379 g/mol. The monoisotopic (exact) mass is 379 g/mol. The van der Waals surface area contributed by atoms with Crippen molar-refractivity contribution in [3.8, 4) is 11.3 Å². The summed E-state index contributed by atoms with van der Waals surface area (Å²) in [6.45, 7) is 3.58. The molecule has 0 spiro atoms. The molecule has 0 saturated heterocycles. The number of fused-ring (bicyclic) bond motifs is 1. The molecule has 0 radical (unpaired) electrons. The Balaban J connectivity index is 1.77. The maximum absolute atomic E-state index is 14.2. The van der Waals surface area contributed by atoms with Gasteiger partial charge in [0, 0.05) is 18.8 Å². The summed E-state index contributed by atoms with van der Waals surface area (Å²) in [7, 11) is 1.81. The third-order valence-electron chi connectivity index (χ3n) is 4.54. The molecular formula is C20H18FN5O2. The Morgan fingerprint density at radius 1 is 1.29 bits per heavy atom. The first-order valence-electron chi connectivity index (χ1n) is 8.76. The smallest absolute Gasteiger partial charge is 0.259 e. The van der Waals surface area contributed by atoms with Crippen LogP contribution in [0.4, 0.5) is 4.39 Å². The van der Waals surface area contributed by atoms with E-state index in [0.29, 0.717) is 22.3 Å². The van der Waals surface area contributed by atoms with Crippen LogP contribution in [-0.4, -0.2) is 25.8 Å². The van der Waals surface area contributed by atoms with Crippen molar-refractivity contribution in [1.82, 2.24) is 25.2 Å². The molecule has 142 valence electrons. The van der Waals surface area contributed by atoms with Crippen LogP contribution in [0.2, 0.25) is 0 Å². The Bertz CT molecular complexity index is 1180. The molecule has 0 fully saturated rings. The Kier molecular flexibility index (Phi) is 4.38. The maximum atomic E-state index is 14.2. The van der Waals surface area contributed by atoms with E-state index in [-0.39, 0.29) is 23.2 Å². The van der Waals surface area contributed by atoms with Crippen LogP contribution in [-0.2, 0) is 7.05 Å². The fourth-order valence-corrected chi connectivity index (χ4v) is 3.09. The summed E-state index contributed by atoms with van der Waals surface area (Å²) in [6, 6.07) is 9.33. The number of aryl methyl sites for hydroxylation is 2. The molecule has 0 aliphatic carbocycles. The summed E-state index contributed by atoms with van der Waals surface area (Å²) >= 11 is 0. The van der Waals surface area contributed by atoms with E-state index in [4.69, 9.17) is 4.52 Å². The highest BCUT2D eigenvalue weighted by Crippen LogP contribution is 2.28. The Labute approximate surface area is 160 Å². The maximum Gasteiger partial charge on any atom is 0.259 e. The third-order valence-corrected chi connectivity index (χ3v) is 4.54. The summed E-state index contributed by atoms with van der Waals surface area (Å²) in [5, 5.41) is 11.7. The zero-order valence-corrected chi connectivity index (χ0v) is 15.6. The summed E-state index contributed by atoms with van der Waals surface area (Å²) in [5.74, 6) is -0.770. The molecule has 7 nitrogen and oxygen atoms in total. The van der Waals surface area contributed by atoms with Gasteiger partial charge in [0.25, 0.3) is 11.6 Å². The van der Waals surface area contributed by atoms with Gasteiger partial charge >= 0.3 is 0 Å². The van der Waals surface area contributed by atoms with E-state index in [9.17, 15) is 9.18 Å². The van der Waals surface area contributed by atoms with Crippen molar-refractivity contribution in [3.05, 3.63) is 65.4 Å². The highest BCUT2D eigenvalue weighted by atomic mass is 19.1. The standard InChI is InChI=1S/C20H18FN5O2/c1-11(16-8-9-26(3)24-16)22-19(27)14-10-17(13-6-4-5-7-15(13)21)23-20-18(14)12(2)25-28-20/h4-11H,1-3H3,(H,22,27). The van der Waals surface area contributed by atoms with Gasteiger partial charge in [0.1, 0.15) is 5.82 Å². The molecule has 1 atom stereocenters. The number of amides is 1. The Morgan fingerprint density at radius 3 is 2.79 bits per heavy atom. The molecule has 1 aromatic carbocycles. The lowest BCUT2D eigenvalue weighted by molar-refractivity contribution is 0.0940. The summed E-state index contributed by atoms with van der Waals surface area (Å²) in [6.07, 6.45) is 1.81. The summed E-state index contributed by atoms with van der Waals surface area (Å²) in [4.78, 5) is 17.4. The van der Waals surface area contributed by atoms with Gasteiger partial charge in [-0.15, -0.1) is 0 Å². The minimum absolute atomic E-state index is 0.189. The van der Waals surface area contributed by atoms with Gasteiger partial charge in [-0.05, 0) is 38.1 Å². The first-order valence-corrected chi connectivity index (χ1v) is 8.76. The second-order valence-electron chi connectivity index (χ2n) is 6.59. The van der Waals surface area contributed by atoms with Gasteiger partial charge in [0.15, 0.2) is 0 Å². The highest BCUT2D eigenvalue weighted by Gasteiger charge is 2.22. The molecule has 0 saturated carbocycles. The molecule has 0 aliphatic heterocycles. The lowest BCUT2D eigenvalue weighted by Crippen LogP contribution is -2.27. The van der Waals surface area contributed by atoms with Crippen molar-refractivity contribution in [3.63, 3.8) is 0 Å². The molecule has 3 heterocycles. The van der Waals surface area contributed by atoms with Gasteiger partial charge in [-0.3, -0.25) is 9.48 Å². The van der Waals surface area contributed by atoms with Gasteiger partial charge < -0.3 is 9.84 Å². The van der Waals surface area contributed by atoms with Crippen LogP contribution in [0.1, 0.15) is 34.7 Å². The zero-order valence-electron chi connectivity index (χ0n) is 15.6. The van der Waals surface area contributed by atoms with E-state index in [1.165, 1.54) is 6.07 Å². The van der Waals surface area contributed by atoms with Crippen LogP contribution in [0.3, 0.4) is 0 Å². The number of halogens is 1. The third kappa shape index (κ3) is 3.13. The molecule has 1 N–H and O–H groups in total. The fourth-order valence-electron chi connectivity index (χ4n) is 3.09. The number of carbonyl (C=O) groups is 1. The number of hydrogen-bond acceptors (Lipinski definition) is 5. The first-order chi connectivity index (χ1) is 13.4. The molecule has 8 heteroatoms. The van der Waals surface area contributed by atoms with Crippen molar-refractivity contribution >= 4 is 17.0 Å². The first kappa shape index (κ1) is 17.8. The van der Waals surface area contributed by atoms with E-state index >= 15 is 0 Å². The molecule has 3 aromatic heterocycles. The molecule has 0 aliphatic rings. The molecule has 1 amide bonds. The van der Waals surface area contributed by atoms with E-state index in [0.717, 1.165) is 5.69 Å². The van der Waals surface area contributed by atoms with Gasteiger partial charge in [0.05, 0.1) is 34.1 Å². The minimum atomic E-state index is -0.432. The predicted octanol–water partition coefficient (Wildman–Crippen LogP) is 3.56. The molecular weight excluding hydrogens is 361 g/mol. The lowest BCUT2D eigenvalue weighted by Gasteiger charge is -2.13. The number of pyridine rings is 1. The number of carbonyl (C=O) groups excluding carboxylic acids is 1. The number of nitrogens with one attached hydrogen (secondary N) is 1. The van der Waals surface area contributed by atoms with Crippen LogP contribution in [0.5, 0.6) is 0 Å². The number of rotatable bonds is 4. The summed E-state index contributed by atoms with van der Waals surface area (Å²) in [5.41, 5.74) is 2.37. The average Bonchev–Trinajstić information content (AvgIpc) is 3.27. The SMILES string of the molecule is Cc1noc2nc(-c3ccccc3F)cc(C(=O)NC(C)c3ccn(C)n3)c12. The van der Waals surface area contributed by atoms with Crippen LogP contribution < -0.4 is 5.32 Å². The van der Waals surface area contributed by atoms with Crippen LogP contribution in [0.15, 0.2) is 47.1 Å². The molecule has 4 rings (SSSR count). The normalized spacial score (nSPS) is 12.3. The second-order valence-corrected chi connectivity index (χ2v) is 6.59. The van der Waals surface area contributed by atoms with Crippen molar-refractivity contribution < 1.29 is 13.7 Å². The van der Waals surface area contributed by atoms with Crippen LogP contribution in [0, 0.1) is 12.7 Å². The minimum Gasteiger partial charge on any atom is -0.344 e. The van der Waals surface area contributed by atoms with Crippen molar-refractivity contribution in [1.29, 1.82) is 0 Å². The number of aromatic nitrogens is 4. The highest BCUT2D eigenvalue weighted by molar-refractivity contribution is 6.07. The number of benzene rings is 1. The largest absolute Gasteiger partial charge is 0.344 e. The molecule has 1 unspecified atom stereocenters. The van der Waals surface area contributed by atoms with E-state index in [2.05, 4.69) is 20.6 Å². The molecule has 0 bridgehead atoms. The van der Waals surface area contributed by atoms with E-state index in [1.54, 1.807) is 35.9 Å². The summed E-state index contributed by atoms with van der Waals surface area (Å²) < 4.78 is 21.2. The topological polar surface area (TPSA) is 85.8 Å². The van der Waals surface area contributed by atoms with Gasteiger partial charge in [-0.25, -0.2) is 9.37 Å². The van der Waals surface area contributed by atoms with Crippen molar-refractivity contribution in [2.24, 2.45) is 7.05 Å². The van der Waals surface area contributed by atoms with Crippen LogP contribution >= 0.6 is 0 Å². The van der Waals surface area contributed by atoms with E-state index < -0.39 is 5.82 Å². The fraction of sp³-hybridized carbons (Fsp3) is 0.200. The van der Waals surface area contributed by atoms with Crippen molar-refractivity contribution in [2.75, 3.05) is 0 Å². The Morgan fingerprint density at radius 2 is 2.07 bits per heavy atom. The number of nitrogens with zero attached hydrogens (tertiary/aromatic N) is 4. The zero-order chi connectivity index (χ0) is 19.8. The second kappa shape index (κ2) is 6.88. The van der Waals surface area contributed by atoms with Gasteiger partial charge in [0.2, 0.25) is 0 Å². The number of hydrogen-bond donors (Lipinski definition) is 1. The van der Waals surface area contributed by atoms with E-state index in [1.807, 2.05) is 26.2 Å². The van der Waals surface area contributed by atoms with Gasteiger partial charge in [-0.2, -0.15) is 5.10 Å². The van der Waals surface area contributed by atoms with Gasteiger partial charge in [-0.1, -0.05) is 17.3 Å². The lowest BCUT2D eigenvalue weighted by atomic mass is 10.0. The van der Waals surface area contributed by atoms with Crippen LogP contribution in [0.25, 0.3) is 22.4 Å².